The topological polar surface area (TPSA) is 34.4 Å². The van der Waals surface area contributed by atoms with Gasteiger partial charge >= 0.3 is 0 Å². The molecule has 1 fully saturated rings. The normalized spacial score (nSPS) is 15.9. The van der Waals surface area contributed by atoms with Gasteiger partial charge in [-0.05, 0) is 49.2 Å². The van der Waals surface area contributed by atoms with Crippen LogP contribution in [0.3, 0.4) is 0 Å². The second-order valence-electron chi connectivity index (χ2n) is 5.54. The number of rotatable bonds is 7. The summed E-state index contributed by atoms with van der Waals surface area (Å²) in [4.78, 5) is 0. The van der Waals surface area contributed by atoms with Gasteiger partial charge in [-0.3, -0.25) is 0 Å². The van der Waals surface area contributed by atoms with E-state index >= 15 is 0 Å². The quantitative estimate of drug-likeness (QED) is 0.832. The Morgan fingerprint density at radius 2 is 2.10 bits per heavy atom. The van der Waals surface area contributed by atoms with E-state index in [2.05, 4.69) is 49.5 Å². The van der Waals surface area contributed by atoms with Gasteiger partial charge in [0.25, 0.3) is 0 Å². The van der Waals surface area contributed by atoms with Crippen molar-refractivity contribution in [1.82, 2.24) is 5.32 Å². The fourth-order valence-electron chi connectivity index (χ4n) is 2.47. The zero-order valence-corrected chi connectivity index (χ0v) is 12.8. The maximum absolute atomic E-state index is 5.93. The standard InChI is InChI=1S/C18H23NO2/c1-3-14-10-11-17(21-14)18(19-4-2)13-6-5-7-16(12-13)20-15-8-9-15/h5-7,10-12,15,18-19H,3-4,8-9H2,1-2H3. The van der Waals surface area contributed by atoms with Gasteiger partial charge in [0.15, 0.2) is 0 Å². The summed E-state index contributed by atoms with van der Waals surface area (Å²) < 4.78 is 11.8. The predicted molar refractivity (Wildman–Crippen MR) is 83.7 cm³/mol. The Morgan fingerprint density at radius 3 is 2.76 bits per heavy atom. The highest BCUT2D eigenvalue weighted by atomic mass is 16.5. The molecule has 1 aliphatic carbocycles. The maximum Gasteiger partial charge on any atom is 0.125 e. The molecule has 1 aliphatic rings. The summed E-state index contributed by atoms with van der Waals surface area (Å²) in [6.45, 7) is 5.11. The third-order valence-corrected chi connectivity index (χ3v) is 3.74. The molecule has 1 aromatic carbocycles. The zero-order chi connectivity index (χ0) is 14.7. The molecule has 3 rings (SSSR count). The van der Waals surface area contributed by atoms with Gasteiger partial charge in [-0.2, -0.15) is 0 Å². The van der Waals surface area contributed by atoms with E-state index in [1.807, 2.05) is 6.07 Å². The van der Waals surface area contributed by atoms with Crippen molar-refractivity contribution < 1.29 is 9.15 Å². The molecular formula is C18H23NO2. The van der Waals surface area contributed by atoms with Crippen LogP contribution in [0.25, 0.3) is 0 Å². The molecule has 1 atom stereocenters. The van der Waals surface area contributed by atoms with Crippen molar-refractivity contribution in [1.29, 1.82) is 0 Å². The highest BCUT2D eigenvalue weighted by Gasteiger charge is 2.24. The molecule has 0 bridgehead atoms. The fraction of sp³-hybridized carbons (Fsp3) is 0.444. The summed E-state index contributed by atoms with van der Waals surface area (Å²) in [6.07, 6.45) is 3.70. The lowest BCUT2D eigenvalue weighted by atomic mass is 10.0. The van der Waals surface area contributed by atoms with Crippen LogP contribution in [0.1, 0.15) is 49.8 Å². The highest BCUT2D eigenvalue weighted by Crippen LogP contribution is 2.30. The van der Waals surface area contributed by atoms with E-state index in [0.717, 1.165) is 30.2 Å². The largest absolute Gasteiger partial charge is 0.490 e. The number of aryl methyl sites for hydroxylation is 1. The zero-order valence-electron chi connectivity index (χ0n) is 12.8. The van der Waals surface area contributed by atoms with Gasteiger partial charge in [0, 0.05) is 6.42 Å². The smallest absolute Gasteiger partial charge is 0.125 e. The number of benzene rings is 1. The average molecular weight is 285 g/mol. The van der Waals surface area contributed by atoms with E-state index in [0.29, 0.717) is 6.10 Å². The Hall–Kier alpha value is -1.74. The van der Waals surface area contributed by atoms with Gasteiger partial charge in [0.1, 0.15) is 17.3 Å². The van der Waals surface area contributed by atoms with Crippen molar-refractivity contribution in [2.24, 2.45) is 0 Å². The maximum atomic E-state index is 5.93. The van der Waals surface area contributed by atoms with Crippen LogP contribution < -0.4 is 10.1 Å². The van der Waals surface area contributed by atoms with Crippen LogP contribution in [0.15, 0.2) is 40.8 Å². The minimum atomic E-state index is 0.0815. The molecule has 21 heavy (non-hydrogen) atoms. The fourth-order valence-corrected chi connectivity index (χ4v) is 2.47. The number of nitrogens with one attached hydrogen (secondary N) is 1. The first-order chi connectivity index (χ1) is 10.3. The van der Waals surface area contributed by atoms with Gasteiger partial charge in [-0.1, -0.05) is 26.0 Å². The molecule has 1 N–H and O–H groups in total. The first-order valence-corrected chi connectivity index (χ1v) is 7.88. The van der Waals surface area contributed by atoms with Crippen LogP contribution in [0.4, 0.5) is 0 Å². The Morgan fingerprint density at radius 1 is 1.24 bits per heavy atom. The van der Waals surface area contributed by atoms with Crippen LogP contribution >= 0.6 is 0 Å². The first kappa shape index (κ1) is 14.2. The van der Waals surface area contributed by atoms with Crippen molar-refractivity contribution in [3.63, 3.8) is 0 Å². The summed E-state index contributed by atoms with van der Waals surface area (Å²) in [5.41, 5.74) is 1.19. The molecule has 0 spiro atoms. The minimum Gasteiger partial charge on any atom is -0.490 e. The average Bonchev–Trinajstić information content (AvgIpc) is 3.18. The number of furan rings is 1. The number of hydrogen-bond donors (Lipinski definition) is 1. The molecule has 3 nitrogen and oxygen atoms in total. The Labute approximate surface area is 126 Å². The SMILES string of the molecule is CCNC(c1cccc(OC2CC2)c1)c1ccc(CC)o1. The monoisotopic (exact) mass is 285 g/mol. The third-order valence-electron chi connectivity index (χ3n) is 3.74. The lowest BCUT2D eigenvalue weighted by Crippen LogP contribution is -2.21. The van der Waals surface area contributed by atoms with Crippen LogP contribution in [0.5, 0.6) is 5.75 Å². The molecule has 1 heterocycles. The van der Waals surface area contributed by atoms with Gasteiger partial charge in [-0.25, -0.2) is 0 Å². The molecule has 1 unspecified atom stereocenters. The Kier molecular flexibility index (Phi) is 4.30. The van der Waals surface area contributed by atoms with Gasteiger partial charge in [0.2, 0.25) is 0 Å². The van der Waals surface area contributed by atoms with Crippen molar-refractivity contribution >= 4 is 0 Å². The highest BCUT2D eigenvalue weighted by molar-refractivity contribution is 5.34. The Balaban J connectivity index is 1.85. The molecule has 0 radical (unpaired) electrons. The second kappa shape index (κ2) is 6.35. The first-order valence-electron chi connectivity index (χ1n) is 7.88. The molecule has 0 saturated heterocycles. The molecule has 2 aromatic rings. The summed E-state index contributed by atoms with van der Waals surface area (Å²) in [6, 6.07) is 12.6. The third kappa shape index (κ3) is 3.48. The van der Waals surface area contributed by atoms with E-state index < -0.39 is 0 Å². The minimum absolute atomic E-state index is 0.0815. The molecule has 0 amide bonds. The second-order valence-corrected chi connectivity index (χ2v) is 5.54. The van der Waals surface area contributed by atoms with Gasteiger partial charge in [-0.15, -0.1) is 0 Å². The lowest BCUT2D eigenvalue weighted by Gasteiger charge is -2.17. The van der Waals surface area contributed by atoms with Gasteiger partial charge in [0.05, 0.1) is 12.1 Å². The van der Waals surface area contributed by atoms with E-state index in [1.165, 1.54) is 18.4 Å². The molecule has 3 heteroatoms. The number of hydrogen-bond acceptors (Lipinski definition) is 3. The van der Waals surface area contributed by atoms with Crippen molar-refractivity contribution in [3.8, 4) is 5.75 Å². The Bertz CT molecular complexity index is 586. The van der Waals surface area contributed by atoms with Crippen LogP contribution in [0, 0.1) is 0 Å². The van der Waals surface area contributed by atoms with Crippen LogP contribution in [0.2, 0.25) is 0 Å². The summed E-state index contributed by atoms with van der Waals surface area (Å²) >= 11 is 0. The van der Waals surface area contributed by atoms with E-state index in [-0.39, 0.29) is 6.04 Å². The van der Waals surface area contributed by atoms with Crippen molar-refractivity contribution in [2.75, 3.05) is 6.54 Å². The van der Waals surface area contributed by atoms with Crippen molar-refractivity contribution in [2.45, 2.75) is 45.3 Å². The summed E-state index contributed by atoms with van der Waals surface area (Å²) in [7, 11) is 0. The molecular weight excluding hydrogens is 262 g/mol. The molecule has 1 saturated carbocycles. The lowest BCUT2D eigenvalue weighted by molar-refractivity contribution is 0.302. The van der Waals surface area contributed by atoms with E-state index in [9.17, 15) is 0 Å². The van der Waals surface area contributed by atoms with Crippen molar-refractivity contribution in [3.05, 3.63) is 53.5 Å². The van der Waals surface area contributed by atoms with E-state index in [4.69, 9.17) is 9.15 Å². The predicted octanol–water partition coefficient (Wildman–Crippen LogP) is 4.08. The molecule has 0 aliphatic heterocycles. The van der Waals surface area contributed by atoms with Crippen LogP contribution in [-0.4, -0.2) is 12.6 Å². The van der Waals surface area contributed by atoms with E-state index in [1.54, 1.807) is 0 Å². The molecule has 112 valence electrons. The number of ether oxygens (including phenoxy) is 1. The summed E-state index contributed by atoms with van der Waals surface area (Å²) in [5.74, 6) is 2.95. The van der Waals surface area contributed by atoms with Crippen LogP contribution in [-0.2, 0) is 6.42 Å². The summed E-state index contributed by atoms with van der Waals surface area (Å²) in [5, 5.41) is 3.50. The van der Waals surface area contributed by atoms with Gasteiger partial charge < -0.3 is 14.5 Å². The molecule has 1 aromatic heterocycles.